The Balaban J connectivity index is 1.17. The number of hydrogen-bond acceptors (Lipinski definition) is 5. The molecule has 1 amide bonds. The Morgan fingerprint density at radius 3 is 2.60 bits per heavy atom. The van der Waals surface area contributed by atoms with Gasteiger partial charge in [0.15, 0.2) is 0 Å². The lowest BCUT2D eigenvalue weighted by Crippen LogP contribution is -2.52. The maximum Gasteiger partial charge on any atom is 0.225 e. The Morgan fingerprint density at radius 2 is 1.87 bits per heavy atom. The van der Waals surface area contributed by atoms with Crippen LogP contribution >= 0.6 is 0 Å². The van der Waals surface area contributed by atoms with Crippen molar-refractivity contribution >= 4 is 27.0 Å². The van der Waals surface area contributed by atoms with Crippen molar-refractivity contribution in [2.24, 2.45) is 5.92 Å². The van der Waals surface area contributed by atoms with Gasteiger partial charge >= 0.3 is 0 Å². The number of carbonyl (C=O) groups excluding carboxylic acids is 1. The first-order valence-corrected chi connectivity index (χ1v) is 12.3. The maximum atomic E-state index is 13.1. The monoisotopic (exact) mass is 432 g/mol. The van der Waals surface area contributed by atoms with Crippen molar-refractivity contribution in [3.05, 3.63) is 30.1 Å². The number of H-pyrrole nitrogens is 1. The molecular weight excluding hydrogens is 404 g/mol. The van der Waals surface area contributed by atoms with Crippen molar-refractivity contribution in [1.82, 2.24) is 19.2 Å². The fourth-order valence-electron chi connectivity index (χ4n) is 5.00. The number of fused-ring (bicyclic) bond motifs is 1. The molecule has 3 fully saturated rings. The number of rotatable bonds is 4. The number of carbonyl (C=O) groups is 1. The van der Waals surface area contributed by atoms with Crippen molar-refractivity contribution in [2.45, 2.75) is 36.9 Å². The number of nitrogens with zero attached hydrogens (tertiary/aromatic N) is 3. The van der Waals surface area contributed by atoms with E-state index in [-0.39, 0.29) is 11.8 Å². The van der Waals surface area contributed by atoms with Crippen LogP contribution in [0.25, 0.3) is 11.0 Å². The minimum Gasteiger partial charge on any atom is -0.378 e. The van der Waals surface area contributed by atoms with E-state index in [2.05, 4.69) is 16.0 Å². The number of aromatic amines is 1. The maximum absolute atomic E-state index is 13.1. The molecule has 2 aromatic heterocycles. The molecule has 3 aliphatic rings. The second-order valence-electron chi connectivity index (χ2n) is 8.59. The van der Waals surface area contributed by atoms with E-state index >= 15 is 0 Å². The van der Waals surface area contributed by atoms with Gasteiger partial charge < -0.3 is 14.6 Å². The van der Waals surface area contributed by atoms with Crippen molar-refractivity contribution < 1.29 is 17.9 Å². The van der Waals surface area contributed by atoms with Gasteiger partial charge in [-0.25, -0.2) is 17.7 Å². The SMILES string of the molecule is O=C([C@H]1C[C@H](S(=O)(=O)N2CCC(c3c[nH]c4ncccc34)CC2)C1)N1CCOCC1. The van der Waals surface area contributed by atoms with Gasteiger partial charge in [0.05, 0.1) is 18.5 Å². The number of piperidine rings is 1. The van der Waals surface area contributed by atoms with Gasteiger partial charge in [0, 0.05) is 49.9 Å². The molecule has 8 nitrogen and oxygen atoms in total. The molecule has 9 heteroatoms. The molecule has 0 unspecified atom stereocenters. The van der Waals surface area contributed by atoms with Crippen molar-refractivity contribution in [3.8, 4) is 0 Å². The van der Waals surface area contributed by atoms with Crippen LogP contribution in [-0.2, 0) is 19.6 Å². The predicted octanol–water partition coefficient (Wildman–Crippen LogP) is 1.71. The average molecular weight is 433 g/mol. The third-order valence-corrected chi connectivity index (χ3v) is 9.24. The topological polar surface area (TPSA) is 95.6 Å². The summed E-state index contributed by atoms with van der Waals surface area (Å²) in [5.41, 5.74) is 2.11. The van der Waals surface area contributed by atoms with Gasteiger partial charge in [0.1, 0.15) is 5.65 Å². The van der Waals surface area contributed by atoms with Crippen LogP contribution in [0.1, 0.15) is 37.2 Å². The number of morpholine rings is 1. The lowest BCUT2D eigenvalue weighted by atomic mass is 9.83. The van der Waals surface area contributed by atoms with Gasteiger partial charge in [-0.3, -0.25) is 4.79 Å². The second kappa shape index (κ2) is 7.94. The largest absolute Gasteiger partial charge is 0.378 e. The van der Waals surface area contributed by atoms with Gasteiger partial charge in [-0.2, -0.15) is 0 Å². The van der Waals surface area contributed by atoms with Crippen LogP contribution in [0, 0.1) is 5.92 Å². The number of hydrogen-bond donors (Lipinski definition) is 1. The molecule has 5 rings (SSSR count). The Labute approximate surface area is 176 Å². The first-order chi connectivity index (χ1) is 14.5. The quantitative estimate of drug-likeness (QED) is 0.794. The number of amides is 1. The Hall–Kier alpha value is -1.97. The van der Waals surface area contributed by atoms with Crippen LogP contribution in [0.2, 0.25) is 0 Å². The van der Waals surface area contributed by atoms with E-state index in [1.165, 1.54) is 5.56 Å². The molecule has 0 spiro atoms. The minimum atomic E-state index is -3.34. The molecule has 1 aliphatic carbocycles. The van der Waals surface area contributed by atoms with Gasteiger partial charge in [-0.15, -0.1) is 0 Å². The van der Waals surface area contributed by atoms with E-state index in [0.717, 1.165) is 23.9 Å². The second-order valence-corrected chi connectivity index (χ2v) is 10.8. The molecule has 2 saturated heterocycles. The summed E-state index contributed by atoms with van der Waals surface area (Å²) in [5.74, 6) is 0.280. The number of ether oxygens (including phenoxy) is 1. The summed E-state index contributed by atoms with van der Waals surface area (Å²) in [6.45, 7) is 3.45. The highest BCUT2D eigenvalue weighted by Crippen LogP contribution is 2.39. The summed E-state index contributed by atoms with van der Waals surface area (Å²) in [6.07, 6.45) is 6.31. The average Bonchev–Trinajstić information content (AvgIpc) is 3.17. The third kappa shape index (κ3) is 3.52. The van der Waals surface area contributed by atoms with Gasteiger partial charge in [0.25, 0.3) is 0 Å². The standard InChI is InChI=1S/C21H28N4O4S/c26-21(24-8-10-29-11-9-24)16-12-17(13-16)30(27,28)25-6-3-15(4-7-25)19-14-23-20-18(19)2-1-5-22-20/h1-2,5,14-17H,3-4,6-13H2,(H,22,23)/t16-,17-. The van der Waals surface area contributed by atoms with E-state index in [0.29, 0.717) is 58.2 Å². The van der Waals surface area contributed by atoms with Gasteiger partial charge in [-0.05, 0) is 49.3 Å². The van der Waals surface area contributed by atoms with Crippen LogP contribution < -0.4 is 0 Å². The fourth-order valence-corrected chi connectivity index (χ4v) is 7.09. The number of pyridine rings is 1. The summed E-state index contributed by atoms with van der Waals surface area (Å²) >= 11 is 0. The van der Waals surface area contributed by atoms with Crippen molar-refractivity contribution in [1.29, 1.82) is 0 Å². The molecule has 0 atom stereocenters. The molecule has 162 valence electrons. The smallest absolute Gasteiger partial charge is 0.225 e. The minimum absolute atomic E-state index is 0.0939. The first-order valence-electron chi connectivity index (χ1n) is 10.8. The highest BCUT2D eigenvalue weighted by Gasteiger charge is 2.46. The van der Waals surface area contributed by atoms with Gasteiger partial charge in [0.2, 0.25) is 15.9 Å². The summed E-state index contributed by atoms with van der Waals surface area (Å²) < 4.78 is 33.1. The molecule has 4 heterocycles. The molecule has 1 N–H and O–H groups in total. The summed E-state index contributed by atoms with van der Waals surface area (Å²) in [7, 11) is -3.34. The van der Waals surface area contributed by atoms with E-state index in [1.807, 2.05) is 17.2 Å². The van der Waals surface area contributed by atoms with E-state index in [4.69, 9.17) is 4.74 Å². The van der Waals surface area contributed by atoms with Crippen LogP contribution in [0.15, 0.2) is 24.5 Å². The molecule has 0 bridgehead atoms. The zero-order valence-electron chi connectivity index (χ0n) is 17.0. The van der Waals surface area contributed by atoms with Crippen LogP contribution in [0.4, 0.5) is 0 Å². The molecule has 0 radical (unpaired) electrons. The summed E-state index contributed by atoms with van der Waals surface area (Å²) in [4.78, 5) is 21.9. The summed E-state index contributed by atoms with van der Waals surface area (Å²) in [5, 5.41) is 0.712. The third-order valence-electron chi connectivity index (χ3n) is 6.92. The zero-order valence-corrected chi connectivity index (χ0v) is 17.8. The predicted molar refractivity (Wildman–Crippen MR) is 112 cm³/mol. The van der Waals surface area contributed by atoms with E-state index < -0.39 is 15.3 Å². The Morgan fingerprint density at radius 1 is 1.13 bits per heavy atom. The molecule has 2 aromatic rings. The highest BCUT2D eigenvalue weighted by molar-refractivity contribution is 7.89. The highest BCUT2D eigenvalue weighted by atomic mass is 32.2. The van der Waals surface area contributed by atoms with Crippen LogP contribution in [0.3, 0.4) is 0 Å². The number of sulfonamides is 1. The van der Waals surface area contributed by atoms with Crippen molar-refractivity contribution in [2.75, 3.05) is 39.4 Å². The molecule has 30 heavy (non-hydrogen) atoms. The summed E-state index contributed by atoms with van der Waals surface area (Å²) in [6, 6.07) is 4.00. The van der Waals surface area contributed by atoms with E-state index in [1.54, 1.807) is 10.5 Å². The first kappa shape index (κ1) is 20.0. The molecule has 1 saturated carbocycles. The Bertz CT molecular complexity index is 1020. The zero-order chi connectivity index (χ0) is 20.7. The fraction of sp³-hybridized carbons (Fsp3) is 0.619. The lowest BCUT2D eigenvalue weighted by Gasteiger charge is -2.41. The molecule has 2 aliphatic heterocycles. The molecule has 0 aromatic carbocycles. The van der Waals surface area contributed by atoms with Crippen molar-refractivity contribution in [3.63, 3.8) is 0 Å². The Kier molecular flexibility index (Phi) is 5.28. The normalized spacial score (nSPS) is 26.6. The van der Waals surface area contributed by atoms with Crippen LogP contribution in [-0.4, -0.2) is 78.1 Å². The lowest BCUT2D eigenvalue weighted by molar-refractivity contribution is -0.142. The molecular formula is C21H28N4O4S. The van der Waals surface area contributed by atoms with Gasteiger partial charge in [-0.1, -0.05) is 0 Å². The number of aromatic nitrogens is 2. The van der Waals surface area contributed by atoms with Crippen LogP contribution in [0.5, 0.6) is 0 Å². The van der Waals surface area contributed by atoms with E-state index in [9.17, 15) is 13.2 Å². The number of nitrogens with one attached hydrogen (secondary N) is 1.